The van der Waals surface area contributed by atoms with Gasteiger partial charge in [-0.05, 0) is 45.7 Å². The summed E-state index contributed by atoms with van der Waals surface area (Å²) in [6.45, 7) is 8.66. The Kier molecular flexibility index (Phi) is 5.40. The molecule has 1 aliphatic carbocycles. The summed E-state index contributed by atoms with van der Waals surface area (Å²) in [5.74, 6) is -0.738. The fourth-order valence-corrected chi connectivity index (χ4v) is 2.08. The Morgan fingerprint density at radius 1 is 1.47 bits per heavy atom. The van der Waals surface area contributed by atoms with Gasteiger partial charge >= 0.3 is 5.97 Å². The Balaban J connectivity index is 2.44. The van der Waals surface area contributed by atoms with Crippen LogP contribution in [0.25, 0.3) is 0 Å². The molecule has 1 saturated carbocycles. The second kappa shape index (κ2) is 6.36. The Bertz CT molecular complexity index is 254. The van der Waals surface area contributed by atoms with Crippen LogP contribution in [0.5, 0.6) is 0 Å². The largest absolute Gasteiger partial charge is 0.480 e. The first-order valence-corrected chi connectivity index (χ1v) is 6.76. The highest BCUT2D eigenvalue weighted by Crippen LogP contribution is 2.27. The Labute approximate surface area is 104 Å². The van der Waals surface area contributed by atoms with Crippen LogP contribution < -0.4 is 5.32 Å². The number of carboxylic acid groups (broad SMARTS) is 1. The summed E-state index contributed by atoms with van der Waals surface area (Å²) in [5.41, 5.74) is -0.779. The van der Waals surface area contributed by atoms with E-state index in [-0.39, 0.29) is 0 Å². The van der Waals surface area contributed by atoms with Crippen molar-refractivity contribution in [2.75, 3.05) is 19.6 Å². The van der Waals surface area contributed by atoms with E-state index >= 15 is 0 Å². The predicted octanol–water partition coefficient (Wildman–Crippen LogP) is 1.70. The number of carboxylic acids is 1. The highest BCUT2D eigenvalue weighted by molar-refractivity contribution is 5.78. The highest BCUT2D eigenvalue weighted by Gasteiger charge is 2.34. The van der Waals surface area contributed by atoms with Gasteiger partial charge < -0.3 is 15.3 Å². The average molecular weight is 242 g/mol. The van der Waals surface area contributed by atoms with Crippen molar-refractivity contribution in [3.05, 3.63) is 0 Å². The molecule has 1 aliphatic rings. The van der Waals surface area contributed by atoms with Gasteiger partial charge in [-0.25, -0.2) is 0 Å². The van der Waals surface area contributed by atoms with Crippen LogP contribution in [0.3, 0.4) is 0 Å². The molecule has 2 N–H and O–H groups in total. The summed E-state index contributed by atoms with van der Waals surface area (Å²) in [6, 6.07) is 0.712. The molecule has 0 radical (unpaired) electrons. The molecule has 4 nitrogen and oxygen atoms in total. The smallest absolute Gasteiger partial charge is 0.323 e. The molecule has 1 rings (SSSR count). The van der Waals surface area contributed by atoms with E-state index in [2.05, 4.69) is 24.1 Å². The van der Waals surface area contributed by atoms with E-state index in [4.69, 9.17) is 0 Å². The number of hydrogen-bond acceptors (Lipinski definition) is 3. The standard InChI is InChI=1S/C13H26N2O2/c1-4-9-14-13(3,12(16)17)8-10-15(5-2)11-6-7-11/h11,14H,4-10H2,1-3H3,(H,16,17). The van der Waals surface area contributed by atoms with Crippen LogP contribution in [0.2, 0.25) is 0 Å². The van der Waals surface area contributed by atoms with Crippen molar-refractivity contribution in [3.8, 4) is 0 Å². The summed E-state index contributed by atoms with van der Waals surface area (Å²) in [5, 5.41) is 12.5. The van der Waals surface area contributed by atoms with Crippen LogP contribution in [0.1, 0.15) is 46.5 Å². The number of aliphatic carboxylic acids is 1. The third kappa shape index (κ3) is 4.28. The zero-order valence-corrected chi connectivity index (χ0v) is 11.3. The number of rotatable bonds is 9. The van der Waals surface area contributed by atoms with Crippen molar-refractivity contribution in [1.82, 2.24) is 10.2 Å². The molecule has 0 bridgehead atoms. The summed E-state index contributed by atoms with van der Waals surface area (Å²) >= 11 is 0. The van der Waals surface area contributed by atoms with Crippen LogP contribution in [0, 0.1) is 0 Å². The zero-order valence-electron chi connectivity index (χ0n) is 11.3. The summed E-state index contributed by atoms with van der Waals surface area (Å²) in [7, 11) is 0. The van der Waals surface area contributed by atoms with E-state index in [9.17, 15) is 9.90 Å². The van der Waals surface area contributed by atoms with Gasteiger partial charge in [0.25, 0.3) is 0 Å². The fourth-order valence-electron chi connectivity index (χ4n) is 2.08. The maximum Gasteiger partial charge on any atom is 0.323 e. The van der Waals surface area contributed by atoms with E-state index < -0.39 is 11.5 Å². The molecule has 0 spiro atoms. The molecule has 0 aliphatic heterocycles. The van der Waals surface area contributed by atoms with Gasteiger partial charge in [-0.1, -0.05) is 13.8 Å². The lowest BCUT2D eigenvalue weighted by Crippen LogP contribution is -2.51. The van der Waals surface area contributed by atoms with E-state index in [1.165, 1.54) is 12.8 Å². The van der Waals surface area contributed by atoms with Gasteiger partial charge in [0.05, 0.1) is 0 Å². The van der Waals surface area contributed by atoms with Crippen LogP contribution in [-0.2, 0) is 4.79 Å². The minimum Gasteiger partial charge on any atom is -0.480 e. The lowest BCUT2D eigenvalue weighted by Gasteiger charge is -2.29. The van der Waals surface area contributed by atoms with E-state index in [1.807, 2.05) is 0 Å². The summed E-state index contributed by atoms with van der Waals surface area (Å²) in [4.78, 5) is 13.7. The van der Waals surface area contributed by atoms with Crippen molar-refractivity contribution in [2.24, 2.45) is 0 Å². The van der Waals surface area contributed by atoms with Crippen LogP contribution >= 0.6 is 0 Å². The highest BCUT2D eigenvalue weighted by atomic mass is 16.4. The Morgan fingerprint density at radius 3 is 2.53 bits per heavy atom. The van der Waals surface area contributed by atoms with E-state index in [0.29, 0.717) is 12.5 Å². The van der Waals surface area contributed by atoms with Crippen molar-refractivity contribution in [1.29, 1.82) is 0 Å². The van der Waals surface area contributed by atoms with Gasteiger partial charge in [-0.2, -0.15) is 0 Å². The van der Waals surface area contributed by atoms with Crippen LogP contribution in [-0.4, -0.2) is 47.2 Å². The quantitative estimate of drug-likeness (QED) is 0.646. The fraction of sp³-hybridized carbons (Fsp3) is 0.923. The van der Waals surface area contributed by atoms with E-state index in [0.717, 1.165) is 26.1 Å². The molecule has 4 heteroatoms. The topological polar surface area (TPSA) is 52.6 Å². The minimum atomic E-state index is -0.779. The molecule has 0 aromatic carbocycles. The lowest BCUT2D eigenvalue weighted by molar-refractivity contribution is -0.144. The van der Waals surface area contributed by atoms with Gasteiger partial charge in [0.15, 0.2) is 0 Å². The number of hydrogen-bond donors (Lipinski definition) is 2. The van der Waals surface area contributed by atoms with Crippen molar-refractivity contribution in [3.63, 3.8) is 0 Å². The minimum absolute atomic E-state index is 0.673. The number of nitrogens with one attached hydrogen (secondary N) is 1. The Hall–Kier alpha value is -0.610. The van der Waals surface area contributed by atoms with Gasteiger partial charge in [-0.15, -0.1) is 0 Å². The van der Waals surface area contributed by atoms with Crippen LogP contribution in [0.15, 0.2) is 0 Å². The molecule has 1 unspecified atom stereocenters. The second-order valence-electron chi connectivity index (χ2n) is 5.17. The van der Waals surface area contributed by atoms with Crippen molar-refractivity contribution < 1.29 is 9.90 Å². The Morgan fingerprint density at radius 2 is 2.12 bits per heavy atom. The van der Waals surface area contributed by atoms with Crippen molar-refractivity contribution >= 4 is 5.97 Å². The molecule has 1 atom stereocenters. The molecular formula is C13H26N2O2. The summed E-state index contributed by atoms with van der Waals surface area (Å²) < 4.78 is 0. The predicted molar refractivity (Wildman–Crippen MR) is 69.2 cm³/mol. The molecule has 0 aromatic heterocycles. The van der Waals surface area contributed by atoms with Gasteiger partial charge in [0, 0.05) is 12.6 Å². The average Bonchev–Trinajstić information content (AvgIpc) is 3.11. The third-order valence-electron chi connectivity index (χ3n) is 3.61. The SMILES string of the molecule is CCCNC(C)(CCN(CC)C1CC1)C(=O)O. The maximum absolute atomic E-state index is 11.3. The molecule has 0 saturated heterocycles. The number of carbonyl (C=O) groups is 1. The van der Waals surface area contributed by atoms with E-state index in [1.54, 1.807) is 6.92 Å². The van der Waals surface area contributed by atoms with Gasteiger partial charge in [0.2, 0.25) is 0 Å². The van der Waals surface area contributed by atoms with Crippen molar-refractivity contribution in [2.45, 2.75) is 58.0 Å². The first-order chi connectivity index (χ1) is 8.03. The zero-order chi connectivity index (χ0) is 12.9. The monoisotopic (exact) mass is 242 g/mol. The first kappa shape index (κ1) is 14.5. The van der Waals surface area contributed by atoms with Gasteiger partial charge in [0.1, 0.15) is 5.54 Å². The summed E-state index contributed by atoms with van der Waals surface area (Å²) in [6.07, 6.45) is 4.19. The maximum atomic E-state index is 11.3. The molecule has 0 aromatic rings. The molecular weight excluding hydrogens is 216 g/mol. The molecule has 1 fully saturated rings. The first-order valence-electron chi connectivity index (χ1n) is 6.76. The molecule has 100 valence electrons. The number of nitrogens with zero attached hydrogens (tertiary/aromatic N) is 1. The normalized spacial score (nSPS) is 19.3. The lowest BCUT2D eigenvalue weighted by atomic mass is 9.97. The third-order valence-corrected chi connectivity index (χ3v) is 3.61. The molecule has 0 amide bonds. The molecule has 17 heavy (non-hydrogen) atoms. The van der Waals surface area contributed by atoms with Gasteiger partial charge in [-0.3, -0.25) is 4.79 Å². The molecule has 0 heterocycles. The van der Waals surface area contributed by atoms with Crippen LogP contribution in [0.4, 0.5) is 0 Å². The second-order valence-corrected chi connectivity index (χ2v) is 5.17.